The Morgan fingerprint density at radius 2 is 1.43 bits per heavy atom. The van der Waals surface area contributed by atoms with Crippen molar-refractivity contribution in [3.8, 4) is 28.6 Å². The SMILES string of the molecule is C=C(C(=O)NCC)N(C(=NC)c1cc(C(C)C)c(O)cc1O)c1ccc(S(=O)(=O)N2CCC(C(=O)N3CCN(C(=O)OC4(CC)C(=O)OCc5c4cc4n(c5=O)Cc5c-4nc4ccc(O)cc4c5CC)CC3)CC2)cc1.CC.CC.CC.CC.CCC. The zero-order valence-electron chi connectivity index (χ0n) is 54.1. The van der Waals surface area contributed by atoms with E-state index in [-0.39, 0.29) is 139 Å². The van der Waals surface area contributed by atoms with Gasteiger partial charge in [-0.05, 0) is 104 Å². The lowest BCUT2D eigenvalue weighted by Gasteiger charge is -2.40. The van der Waals surface area contributed by atoms with Gasteiger partial charge in [0.1, 0.15) is 35.4 Å². The molecule has 87 heavy (non-hydrogen) atoms. The number of benzene rings is 3. The summed E-state index contributed by atoms with van der Waals surface area (Å²) in [5, 5.41) is 35.3. The van der Waals surface area contributed by atoms with Gasteiger partial charge < -0.3 is 44.5 Å². The summed E-state index contributed by atoms with van der Waals surface area (Å²) in [6.45, 7) is 34.3. The molecule has 1 unspecified atom stereocenters. The monoisotopic (exact) mass is 1220 g/mol. The second kappa shape index (κ2) is 32.3. The van der Waals surface area contributed by atoms with Crippen LogP contribution in [0.2, 0.25) is 0 Å². The Bertz CT molecular complexity index is 3440. The van der Waals surface area contributed by atoms with Gasteiger partial charge in [-0.1, -0.05) is 110 Å². The van der Waals surface area contributed by atoms with Gasteiger partial charge in [0.05, 0.1) is 39.5 Å². The molecule has 21 heteroatoms. The highest BCUT2D eigenvalue weighted by Gasteiger charge is 2.51. The minimum absolute atomic E-state index is 0.0209. The van der Waals surface area contributed by atoms with Gasteiger partial charge in [0.15, 0.2) is 0 Å². The fourth-order valence-electron chi connectivity index (χ4n) is 10.9. The number of pyridine rings is 2. The highest BCUT2D eigenvalue weighted by atomic mass is 32.2. The van der Waals surface area contributed by atoms with Crippen LogP contribution in [0.1, 0.15) is 169 Å². The van der Waals surface area contributed by atoms with Crippen LogP contribution in [0.25, 0.3) is 22.3 Å². The second-order valence-electron chi connectivity index (χ2n) is 20.4. The molecule has 3 amide bonds. The number of ether oxygens (including phenoxy) is 2. The maximum absolute atomic E-state index is 14.2. The number of fused-ring (bicyclic) bond motifs is 5. The number of piperidine rings is 1. The zero-order valence-corrected chi connectivity index (χ0v) is 54.9. The summed E-state index contributed by atoms with van der Waals surface area (Å²) >= 11 is 0. The third kappa shape index (κ3) is 14.8. The third-order valence-corrected chi connectivity index (χ3v) is 17.0. The lowest BCUT2D eigenvalue weighted by atomic mass is 9.85. The van der Waals surface area contributed by atoms with Gasteiger partial charge in [-0.25, -0.2) is 23.0 Å². The summed E-state index contributed by atoms with van der Waals surface area (Å²) in [7, 11) is -2.57. The van der Waals surface area contributed by atoms with Gasteiger partial charge >= 0.3 is 12.1 Å². The molecule has 2 saturated heterocycles. The Hall–Kier alpha value is -7.78. The van der Waals surface area contributed by atoms with E-state index in [9.17, 15) is 47.7 Å². The normalized spacial score (nSPS) is 16.2. The van der Waals surface area contributed by atoms with Crippen LogP contribution >= 0.6 is 0 Å². The van der Waals surface area contributed by atoms with Crippen molar-refractivity contribution in [1.29, 1.82) is 0 Å². The Kier molecular flexibility index (Phi) is 26.6. The van der Waals surface area contributed by atoms with Gasteiger partial charge in [0.25, 0.3) is 11.5 Å². The Balaban J connectivity index is 0.00000139. The maximum Gasteiger partial charge on any atom is 0.411 e. The van der Waals surface area contributed by atoms with Crippen LogP contribution in [0, 0.1) is 5.92 Å². The largest absolute Gasteiger partial charge is 0.508 e. The number of amides is 3. The number of carbonyl (C=O) groups excluding carboxylic acids is 4. The van der Waals surface area contributed by atoms with Crippen molar-refractivity contribution in [2.45, 2.75) is 166 Å². The van der Waals surface area contributed by atoms with E-state index < -0.39 is 39.5 Å². The number of nitrogens with zero attached hydrogens (tertiary/aromatic N) is 7. The number of phenols is 3. The lowest BCUT2D eigenvalue weighted by Crippen LogP contribution is -2.55. The fraction of sp³-hybridized carbons (Fsp3) is 0.500. The number of hydrogen-bond acceptors (Lipinski definition) is 14. The lowest BCUT2D eigenvalue weighted by molar-refractivity contribution is -0.173. The molecule has 20 nitrogen and oxygen atoms in total. The first-order valence-electron chi connectivity index (χ1n) is 31.0. The number of phenolic OH excluding ortho intramolecular Hbond substituents is 3. The standard InChI is InChI=1S/C55H62N8O12S.C3H8.4C2H6/c1-8-37-39-25-35(64)13-16-44(39)58-48-41(37)29-62-45(48)27-43-42(52(62)69)30-74-53(70)55(43,9-2)75-54(71)60-23-21-59(22-24-60)51(68)33-17-19-61(20-18-33)76(72,73)36-14-11-34(12-15-36)63(32(6)50(67)57-10-3)49(56-7)40-26-38(31(4)5)46(65)28-47(40)66;1-3-2;4*1-2/h11-16,25-28,31,33,64-66H,6,8-10,17-24,29-30H2,1-5,7H3,(H,57,67);3H2,1-2H3;4*1-2H3. The molecule has 5 aromatic rings. The summed E-state index contributed by atoms with van der Waals surface area (Å²) in [5.74, 6) is -2.27. The molecule has 4 aliphatic heterocycles. The number of aromatic nitrogens is 2. The molecule has 4 N–H and O–H groups in total. The minimum atomic E-state index is -4.05. The number of aromatic hydroxyl groups is 3. The van der Waals surface area contributed by atoms with Gasteiger partial charge in [0, 0.05) is 87.0 Å². The number of carbonyl (C=O) groups is 4. The molecule has 2 aromatic heterocycles. The van der Waals surface area contributed by atoms with Crippen LogP contribution in [0.4, 0.5) is 10.5 Å². The number of piperazine rings is 1. The van der Waals surface area contributed by atoms with Crippen LogP contribution < -0.4 is 15.8 Å². The first-order valence-corrected chi connectivity index (χ1v) is 32.4. The van der Waals surface area contributed by atoms with E-state index >= 15 is 0 Å². The van der Waals surface area contributed by atoms with Crippen molar-refractivity contribution in [2.75, 3.05) is 57.8 Å². The summed E-state index contributed by atoms with van der Waals surface area (Å²) in [5.41, 5.74) is 2.60. The van der Waals surface area contributed by atoms with Crippen molar-refractivity contribution in [2.24, 2.45) is 10.9 Å². The van der Waals surface area contributed by atoms with E-state index in [0.717, 1.165) is 16.5 Å². The van der Waals surface area contributed by atoms with Crippen molar-refractivity contribution in [1.82, 2.24) is 29.0 Å². The number of likely N-dealkylation sites (N-methyl/N-ethyl adjacent to an activating group) is 1. The topological polar surface area (TPSA) is 254 Å². The Labute approximate surface area is 515 Å². The Morgan fingerprint density at radius 1 is 0.828 bits per heavy atom. The molecule has 0 spiro atoms. The summed E-state index contributed by atoms with van der Waals surface area (Å²) in [6.07, 6.45) is 1.54. The predicted octanol–water partition coefficient (Wildman–Crippen LogP) is 11.3. The molecule has 3 aromatic carbocycles. The first kappa shape index (κ1) is 71.7. The minimum Gasteiger partial charge on any atom is -0.508 e. The number of sulfonamides is 1. The second-order valence-corrected chi connectivity index (χ2v) is 22.3. The number of nitrogens with one attached hydrogen (secondary N) is 1. The van der Waals surface area contributed by atoms with E-state index in [4.69, 9.17) is 14.5 Å². The van der Waals surface area contributed by atoms with Crippen LogP contribution in [-0.4, -0.2) is 130 Å². The molecular formula is C66H94N8O12S. The van der Waals surface area contributed by atoms with E-state index in [0.29, 0.717) is 41.1 Å². The van der Waals surface area contributed by atoms with Gasteiger partial charge in [-0.3, -0.25) is 24.3 Å². The quantitative estimate of drug-likeness (QED) is 0.0385. The highest BCUT2D eigenvalue weighted by molar-refractivity contribution is 7.89. The van der Waals surface area contributed by atoms with E-state index in [1.54, 1.807) is 53.6 Å². The molecule has 0 aliphatic carbocycles. The van der Waals surface area contributed by atoms with E-state index in [2.05, 4.69) is 30.7 Å². The zero-order chi connectivity index (χ0) is 65.2. The molecule has 2 fully saturated rings. The van der Waals surface area contributed by atoms with Crippen molar-refractivity contribution < 1.29 is 52.4 Å². The molecule has 6 heterocycles. The maximum atomic E-state index is 14.2. The summed E-state index contributed by atoms with van der Waals surface area (Å²) in [6, 6.07) is 15.3. The number of hydrogen-bond donors (Lipinski definition) is 4. The molecule has 1 atom stereocenters. The molecule has 0 bridgehead atoms. The number of anilines is 1. The van der Waals surface area contributed by atoms with Gasteiger partial charge in [-0.15, -0.1) is 0 Å². The van der Waals surface area contributed by atoms with Crippen molar-refractivity contribution >= 4 is 56.3 Å². The number of aryl methyl sites for hydroxylation is 1. The molecule has 4 aliphatic rings. The van der Waals surface area contributed by atoms with E-state index in [1.807, 2.05) is 76.2 Å². The Morgan fingerprint density at radius 3 is 1.98 bits per heavy atom. The number of esters is 1. The van der Waals surface area contributed by atoms with Crippen molar-refractivity contribution in [3.05, 3.63) is 117 Å². The first-order chi connectivity index (χ1) is 41.7. The summed E-state index contributed by atoms with van der Waals surface area (Å²) in [4.78, 5) is 83.0. The van der Waals surface area contributed by atoms with Gasteiger partial charge in [0.2, 0.25) is 21.5 Å². The van der Waals surface area contributed by atoms with Crippen LogP contribution in [-0.2, 0) is 59.1 Å². The van der Waals surface area contributed by atoms with E-state index in [1.165, 1.54) is 57.9 Å². The summed E-state index contributed by atoms with van der Waals surface area (Å²) < 4.78 is 42.8. The van der Waals surface area contributed by atoms with Gasteiger partial charge in [-0.2, -0.15) is 4.31 Å². The number of aliphatic imine (C=N–C) groups is 1. The number of rotatable bonds is 12. The molecule has 0 radical (unpaired) electrons. The average molecular weight is 1220 g/mol. The van der Waals surface area contributed by atoms with Crippen molar-refractivity contribution in [3.63, 3.8) is 0 Å². The average Bonchev–Trinajstić information content (AvgIpc) is 1.66. The number of cyclic esters (lactones) is 1. The fourth-order valence-corrected chi connectivity index (χ4v) is 12.4. The molecule has 0 saturated carbocycles. The molecule has 9 rings (SSSR count). The third-order valence-electron chi connectivity index (χ3n) is 15.1. The number of amidine groups is 1. The predicted molar refractivity (Wildman–Crippen MR) is 344 cm³/mol. The smallest absolute Gasteiger partial charge is 0.411 e. The molecule has 476 valence electrons. The highest BCUT2D eigenvalue weighted by Crippen LogP contribution is 2.43. The van der Waals surface area contributed by atoms with Crippen LogP contribution in [0.3, 0.4) is 0 Å². The van der Waals surface area contributed by atoms with Crippen LogP contribution in [0.15, 0.2) is 87.6 Å². The molecular weight excluding hydrogens is 1130 g/mol. The van der Waals surface area contributed by atoms with Crippen LogP contribution in [0.5, 0.6) is 17.2 Å².